The number of rotatable bonds is 6. The van der Waals surface area contributed by atoms with Crippen molar-refractivity contribution in [3.05, 3.63) is 34.9 Å². The number of carbonyl (C=O) groups is 1. The molecule has 1 rings (SSSR count). The van der Waals surface area contributed by atoms with Gasteiger partial charge < -0.3 is 15.3 Å². The molecule has 19 heavy (non-hydrogen) atoms. The summed E-state index contributed by atoms with van der Waals surface area (Å²) in [6, 6.07) is 7.27. The second kappa shape index (κ2) is 8.02. The topological polar surface area (TPSA) is 52.6 Å². The van der Waals surface area contributed by atoms with E-state index in [1.54, 1.807) is 4.90 Å². The molecule has 0 bridgehead atoms. The van der Waals surface area contributed by atoms with Crippen LogP contribution in [0, 0.1) is 0 Å². The molecular weight excluding hydrogens is 264 g/mol. The summed E-state index contributed by atoms with van der Waals surface area (Å²) in [7, 11) is 0. The lowest BCUT2D eigenvalue weighted by Crippen LogP contribution is -2.42. The van der Waals surface area contributed by atoms with Gasteiger partial charge in [0.1, 0.15) is 0 Å². The molecule has 0 aromatic heterocycles. The highest BCUT2D eigenvalue weighted by molar-refractivity contribution is 6.30. The lowest BCUT2D eigenvalue weighted by atomic mass is 10.1. The number of nitrogens with zero attached hydrogens (tertiary/aromatic N) is 1. The van der Waals surface area contributed by atoms with E-state index in [0.29, 0.717) is 18.1 Å². The number of hydrogen-bond donors (Lipinski definition) is 2. The van der Waals surface area contributed by atoms with Crippen LogP contribution in [0.3, 0.4) is 0 Å². The number of amides is 2. The molecule has 2 amide bonds. The molecule has 1 atom stereocenters. The van der Waals surface area contributed by atoms with Gasteiger partial charge in [0, 0.05) is 18.1 Å². The minimum absolute atomic E-state index is 0.0288. The summed E-state index contributed by atoms with van der Waals surface area (Å²) in [5, 5.41) is 12.6. The SMILES string of the molecule is CCC(NC(=O)N(CC)CCO)c1ccc(Cl)cc1. The Morgan fingerprint density at radius 2 is 2.00 bits per heavy atom. The first kappa shape index (κ1) is 15.8. The minimum atomic E-state index is -0.154. The Labute approximate surface area is 119 Å². The Morgan fingerprint density at radius 3 is 2.47 bits per heavy atom. The third-order valence-corrected chi connectivity index (χ3v) is 3.27. The molecule has 0 fully saturated rings. The first-order valence-corrected chi connectivity index (χ1v) is 6.91. The van der Waals surface area contributed by atoms with Gasteiger partial charge in [0.2, 0.25) is 0 Å². The highest BCUT2D eigenvalue weighted by atomic mass is 35.5. The van der Waals surface area contributed by atoms with E-state index >= 15 is 0 Å². The number of aliphatic hydroxyl groups is 1. The molecule has 4 nitrogen and oxygen atoms in total. The zero-order valence-electron chi connectivity index (χ0n) is 11.4. The van der Waals surface area contributed by atoms with Crippen LogP contribution in [0.5, 0.6) is 0 Å². The van der Waals surface area contributed by atoms with E-state index in [1.807, 2.05) is 38.1 Å². The van der Waals surface area contributed by atoms with E-state index in [2.05, 4.69) is 5.32 Å². The maximum absolute atomic E-state index is 12.1. The molecule has 5 heteroatoms. The van der Waals surface area contributed by atoms with Crippen LogP contribution >= 0.6 is 11.6 Å². The van der Waals surface area contributed by atoms with Crippen LogP contribution in [-0.4, -0.2) is 35.7 Å². The molecular formula is C14H21ClN2O2. The van der Waals surface area contributed by atoms with E-state index in [-0.39, 0.29) is 18.7 Å². The normalized spacial score (nSPS) is 12.0. The number of halogens is 1. The fraction of sp³-hybridized carbons (Fsp3) is 0.500. The van der Waals surface area contributed by atoms with Crippen molar-refractivity contribution in [3.63, 3.8) is 0 Å². The van der Waals surface area contributed by atoms with Crippen LogP contribution in [0.25, 0.3) is 0 Å². The minimum Gasteiger partial charge on any atom is -0.395 e. The molecule has 0 aliphatic rings. The van der Waals surface area contributed by atoms with Crippen molar-refractivity contribution in [1.29, 1.82) is 0 Å². The maximum Gasteiger partial charge on any atom is 0.317 e. The predicted octanol–water partition coefficient (Wildman–Crippen LogP) is 2.81. The van der Waals surface area contributed by atoms with Gasteiger partial charge in [-0.1, -0.05) is 30.7 Å². The molecule has 0 spiro atoms. The van der Waals surface area contributed by atoms with E-state index < -0.39 is 0 Å². The number of aliphatic hydroxyl groups excluding tert-OH is 1. The van der Waals surface area contributed by atoms with Crippen LogP contribution in [0.15, 0.2) is 24.3 Å². The lowest BCUT2D eigenvalue weighted by molar-refractivity contribution is 0.177. The molecule has 1 aromatic carbocycles. The van der Waals surface area contributed by atoms with E-state index in [9.17, 15) is 4.79 Å². The zero-order chi connectivity index (χ0) is 14.3. The predicted molar refractivity (Wildman–Crippen MR) is 77.3 cm³/mol. The molecule has 2 N–H and O–H groups in total. The van der Waals surface area contributed by atoms with Gasteiger partial charge in [-0.2, -0.15) is 0 Å². The smallest absolute Gasteiger partial charge is 0.317 e. The van der Waals surface area contributed by atoms with Gasteiger partial charge in [0.15, 0.2) is 0 Å². The van der Waals surface area contributed by atoms with Crippen molar-refractivity contribution in [2.75, 3.05) is 19.7 Å². The average Bonchev–Trinajstić information content (AvgIpc) is 2.43. The van der Waals surface area contributed by atoms with Gasteiger partial charge in [-0.15, -0.1) is 0 Å². The summed E-state index contributed by atoms with van der Waals surface area (Å²) in [5.74, 6) is 0. The second-order valence-electron chi connectivity index (χ2n) is 4.27. The molecule has 106 valence electrons. The molecule has 0 aliphatic heterocycles. The monoisotopic (exact) mass is 284 g/mol. The summed E-state index contributed by atoms with van der Waals surface area (Å²) in [5.41, 5.74) is 1.03. The van der Waals surface area contributed by atoms with Crippen LogP contribution in [0.2, 0.25) is 5.02 Å². The summed E-state index contributed by atoms with van der Waals surface area (Å²) in [4.78, 5) is 13.6. The zero-order valence-corrected chi connectivity index (χ0v) is 12.2. The van der Waals surface area contributed by atoms with E-state index in [0.717, 1.165) is 12.0 Å². The number of nitrogens with one attached hydrogen (secondary N) is 1. The van der Waals surface area contributed by atoms with Crippen molar-refractivity contribution in [2.24, 2.45) is 0 Å². The van der Waals surface area contributed by atoms with Crippen LogP contribution in [-0.2, 0) is 0 Å². The Hall–Kier alpha value is -1.26. The average molecular weight is 285 g/mol. The standard InChI is InChI=1S/C14H21ClN2O2/c1-3-13(11-5-7-12(15)8-6-11)16-14(19)17(4-2)9-10-18/h5-8,13,18H,3-4,9-10H2,1-2H3,(H,16,19). The van der Waals surface area contributed by atoms with Gasteiger partial charge >= 0.3 is 6.03 Å². The Balaban J connectivity index is 2.70. The van der Waals surface area contributed by atoms with Crippen molar-refractivity contribution in [1.82, 2.24) is 10.2 Å². The quantitative estimate of drug-likeness (QED) is 0.844. The summed E-state index contributed by atoms with van der Waals surface area (Å²) in [6.07, 6.45) is 0.796. The van der Waals surface area contributed by atoms with Crippen LogP contribution < -0.4 is 5.32 Å². The summed E-state index contributed by atoms with van der Waals surface area (Å²) in [6.45, 7) is 4.79. The highest BCUT2D eigenvalue weighted by Crippen LogP contribution is 2.19. The summed E-state index contributed by atoms with van der Waals surface area (Å²) < 4.78 is 0. The largest absolute Gasteiger partial charge is 0.395 e. The number of benzene rings is 1. The van der Waals surface area contributed by atoms with Crippen molar-refractivity contribution in [2.45, 2.75) is 26.3 Å². The number of likely N-dealkylation sites (N-methyl/N-ethyl adjacent to an activating group) is 1. The molecule has 1 unspecified atom stereocenters. The number of urea groups is 1. The number of carbonyl (C=O) groups excluding carboxylic acids is 1. The Kier molecular flexibility index (Phi) is 6.67. The molecule has 0 saturated carbocycles. The first-order chi connectivity index (χ1) is 9.12. The van der Waals surface area contributed by atoms with Gasteiger partial charge in [-0.05, 0) is 31.0 Å². The fourth-order valence-electron chi connectivity index (χ4n) is 1.88. The molecule has 0 aliphatic carbocycles. The highest BCUT2D eigenvalue weighted by Gasteiger charge is 2.16. The van der Waals surface area contributed by atoms with Gasteiger partial charge in [-0.3, -0.25) is 0 Å². The molecule has 0 heterocycles. The van der Waals surface area contributed by atoms with E-state index in [4.69, 9.17) is 16.7 Å². The van der Waals surface area contributed by atoms with Crippen LogP contribution in [0.4, 0.5) is 4.79 Å². The fourth-order valence-corrected chi connectivity index (χ4v) is 2.01. The van der Waals surface area contributed by atoms with Gasteiger partial charge in [-0.25, -0.2) is 4.79 Å². The van der Waals surface area contributed by atoms with Crippen LogP contribution in [0.1, 0.15) is 31.9 Å². The van der Waals surface area contributed by atoms with Crippen molar-refractivity contribution in [3.8, 4) is 0 Å². The lowest BCUT2D eigenvalue weighted by Gasteiger charge is -2.24. The molecule has 1 aromatic rings. The van der Waals surface area contributed by atoms with Crippen molar-refractivity contribution >= 4 is 17.6 Å². The molecule has 0 radical (unpaired) electrons. The van der Waals surface area contributed by atoms with Crippen molar-refractivity contribution < 1.29 is 9.90 Å². The van der Waals surface area contributed by atoms with E-state index in [1.165, 1.54) is 0 Å². The third-order valence-electron chi connectivity index (χ3n) is 3.02. The molecule has 0 saturated heterocycles. The second-order valence-corrected chi connectivity index (χ2v) is 4.70. The number of hydrogen-bond acceptors (Lipinski definition) is 2. The van der Waals surface area contributed by atoms with Gasteiger partial charge in [0.25, 0.3) is 0 Å². The first-order valence-electron chi connectivity index (χ1n) is 6.54. The third kappa shape index (κ3) is 4.73. The summed E-state index contributed by atoms with van der Waals surface area (Å²) >= 11 is 5.86. The Bertz CT molecular complexity index is 395. The Morgan fingerprint density at radius 1 is 1.37 bits per heavy atom. The van der Waals surface area contributed by atoms with Gasteiger partial charge in [0.05, 0.1) is 12.6 Å². The maximum atomic E-state index is 12.1.